The highest BCUT2D eigenvalue weighted by Gasteiger charge is 2.05. The van der Waals surface area contributed by atoms with Gasteiger partial charge in [-0.1, -0.05) is 19.1 Å². The molecule has 1 atom stereocenters. The molecule has 2 heteroatoms. The molecule has 84 valence electrons. The Morgan fingerprint density at radius 1 is 1.40 bits per heavy atom. The van der Waals surface area contributed by atoms with Crippen LogP contribution in [0.4, 0.5) is 0 Å². The molecule has 0 aliphatic carbocycles. The standard InChI is InChI=1S/C13H21NO/c1-4-15-13-7-5-6-12(10-13)11(2)8-9-14-3/h5-7,10-11,14H,4,8-9H2,1-3H3. The van der Waals surface area contributed by atoms with E-state index in [1.165, 1.54) is 5.56 Å². The highest BCUT2D eigenvalue weighted by atomic mass is 16.5. The van der Waals surface area contributed by atoms with E-state index >= 15 is 0 Å². The lowest BCUT2D eigenvalue weighted by atomic mass is 9.98. The molecule has 0 bridgehead atoms. The van der Waals surface area contributed by atoms with Crippen LogP contribution in [0.5, 0.6) is 5.75 Å². The van der Waals surface area contributed by atoms with Crippen molar-refractivity contribution in [3.05, 3.63) is 29.8 Å². The number of hydrogen-bond donors (Lipinski definition) is 1. The fraction of sp³-hybridized carbons (Fsp3) is 0.538. The van der Waals surface area contributed by atoms with Gasteiger partial charge in [0.05, 0.1) is 6.61 Å². The van der Waals surface area contributed by atoms with Crippen LogP contribution in [0.3, 0.4) is 0 Å². The molecule has 0 spiro atoms. The zero-order valence-corrected chi connectivity index (χ0v) is 9.92. The summed E-state index contributed by atoms with van der Waals surface area (Å²) in [5.74, 6) is 1.56. The zero-order chi connectivity index (χ0) is 11.1. The maximum atomic E-state index is 5.49. The number of ether oxygens (including phenoxy) is 1. The van der Waals surface area contributed by atoms with Crippen molar-refractivity contribution in [3.63, 3.8) is 0 Å². The molecule has 0 heterocycles. The van der Waals surface area contributed by atoms with E-state index in [1.807, 2.05) is 20.0 Å². The maximum absolute atomic E-state index is 5.49. The third-order valence-corrected chi connectivity index (χ3v) is 2.57. The van der Waals surface area contributed by atoms with Crippen molar-refractivity contribution in [2.24, 2.45) is 0 Å². The van der Waals surface area contributed by atoms with Crippen LogP contribution in [-0.4, -0.2) is 20.2 Å². The Morgan fingerprint density at radius 2 is 2.20 bits per heavy atom. The first-order chi connectivity index (χ1) is 7.27. The Hall–Kier alpha value is -1.02. The molecule has 1 N–H and O–H groups in total. The predicted octanol–water partition coefficient (Wildman–Crippen LogP) is 2.80. The van der Waals surface area contributed by atoms with Crippen molar-refractivity contribution in [2.75, 3.05) is 20.2 Å². The number of rotatable bonds is 6. The molecule has 0 aliphatic heterocycles. The third kappa shape index (κ3) is 3.92. The summed E-state index contributed by atoms with van der Waals surface area (Å²) in [5, 5.41) is 3.18. The molecule has 0 aliphatic rings. The van der Waals surface area contributed by atoms with Gasteiger partial charge < -0.3 is 10.1 Å². The van der Waals surface area contributed by atoms with Crippen LogP contribution in [0.25, 0.3) is 0 Å². The predicted molar refractivity (Wildman–Crippen MR) is 64.6 cm³/mol. The third-order valence-electron chi connectivity index (χ3n) is 2.57. The Labute approximate surface area is 92.6 Å². The summed E-state index contributed by atoms with van der Waals surface area (Å²) in [4.78, 5) is 0. The van der Waals surface area contributed by atoms with Crippen molar-refractivity contribution in [1.29, 1.82) is 0 Å². The molecule has 0 aromatic heterocycles. The molecule has 1 rings (SSSR count). The van der Waals surface area contributed by atoms with E-state index < -0.39 is 0 Å². The highest BCUT2D eigenvalue weighted by molar-refractivity contribution is 5.30. The van der Waals surface area contributed by atoms with Crippen molar-refractivity contribution in [3.8, 4) is 5.75 Å². The van der Waals surface area contributed by atoms with Crippen molar-refractivity contribution < 1.29 is 4.74 Å². The van der Waals surface area contributed by atoms with Gasteiger partial charge >= 0.3 is 0 Å². The van der Waals surface area contributed by atoms with Crippen LogP contribution in [0, 0.1) is 0 Å². The number of hydrogen-bond acceptors (Lipinski definition) is 2. The van der Waals surface area contributed by atoms with Gasteiger partial charge in [0.1, 0.15) is 5.75 Å². The van der Waals surface area contributed by atoms with Gasteiger partial charge in [-0.2, -0.15) is 0 Å². The molecule has 0 saturated heterocycles. The van der Waals surface area contributed by atoms with E-state index in [1.54, 1.807) is 0 Å². The Kier molecular flexibility index (Phi) is 5.19. The second kappa shape index (κ2) is 6.46. The lowest BCUT2D eigenvalue weighted by Gasteiger charge is -2.13. The van der Waals surface area contributed by atoms with Crippen LogP contribution in [0.2, 0.25) is 0 Å². The average Bonchev–Trinajstić information content (AvgIpc) is 2.27. The van der Waals surface area contributed by atoms with Crippen molar-refractivity contribution in [1.82, 2.24) is 5.32 Å². The SMILES string of the molecule is CCOc1cccc(C(C)CCNC)c1. The van der Waals surface area contributed by atoms with Gasteiger partial charge in [0.15, 0.2) is 0 Å². The average molecular weight is 207 g/mol. The Balaban J connectivity index is 2.62. The first kappa shape index (κ1) is 12.1. The van der Waals surface area contributed by atoms with Crippen LogP contribution in [0.15, 0.2) is 24.3 Å². The topological polar surface area (TPSA) is 21.3 Å². The first-order valence-electron chi connectivity index (χ1n) is 5.65. The minimum atomic E-state index is 0.581. The smallest absolute Gasteiger partial charge is 0.119 e. The molecule has 0 radical (unpaired) electrons. The second-order valence-electron chi connectivity index (χ2n) is 3.80. The Morgan fingerprint density at radius 3 is 2.87 bits per heavy atom. The molecule has 0 saturated carbocycles. The van der Waals surface area contributed by atoms with E-state index in [0.29, 0.717) is 5.92 Å². The number of nitrogens with one attached hydrogen (secondary N) is 1. The normalized spacial score (nSPS) is 12.5. The van der Waals surface area contributed by atoms with Gasteiger partial charge in [-0.05, 0) is 50.6 Å². The molecular formula is C13H21NO. The molecule has 2 nitrogen and oxygen atoms in total. The van der Waals surface area contributed by atoms with Crippen LogP contribution in [0.1, 0.15) is 31.7 Å². The van der Waals surface area contributed by atoms with Gasteiger partial charge in [0, 0.05) is 0 Å². The zero-order valence-electron chi connectivity index (χ0n) is 9.92. The molecule has 15 heavy (non-hydrogen) atoms. The van der Waals surface area contributed by atoms with E-state index in [2.05, 4.69) is 30.4 Å². The largest absolute Gasteiger partial charge is 0.494 e. The molecule has 0 amide bonds. The maximum Gasteiger partial charge on any atom is 0.119 e. The van der Waals surface area contributed by atoms with Crippen molar-refractivity contribution >= 4 is 0 Å². The van der Waals surface area contributed by atoms with Gasteiger partial charge in [0.25, 0.3) is 0 Å². The summed E-state index contributed by atoms with van der Waals surface area (Å²) in [5.41, 5.74) is 1.36. The molecular weight excluding hydrogens is 186 g/mol. The summed E-state index contributed by atoms with van der Waals surface area (Å²) in [6.45, 7) is 6.05. The summed E-state index contributed by atoms with van der Waals surface area (Å²) in [7, 11) is 1.99. The van der Waals surface area contributed by atoms with Crippen molar-refractivity contribution in [2.45, 2.75) is 26.2 Å². The minimum absolute atomic E-state index is 0.581. The quantitative estimate of drug-likeness (QED) is 0.774. The highest BCUT2D eigenvalue weighted by Crippen LogP contribution is 2.22. The van der Waals surface area contributed by atoms with Gasteiger partial charge in [-0.15, -0.1) is 0 Å². The van der Waals surface area contributed by atoms with Crippen LogP contribution >= 0.6 is 0 Å². The monoisotopic (exact) mass is 207 g/mol. The minimum Gasteiger partial charge on any atom is -0.494 e. The molecule has 1 aromatic rings. The van der Waals surface area contributed by atoms with E-state index in [9.17, 15) is 0 Å². The fourth-order valence-electron chi connectivity index (χ4n) is 1.61. The number of benzene rings is 1. The van der Waals surface area contributed by atoms with E-state index in [-0.39, 0.29) is 0 Å². The first-order valence-corrected chi connectivity index (χ1v) is 5.65. The lowest BCUT2D eigenvalue weighted by molar-refractivity contribution is 0.339. The van der Waals surface area contributed by atoms with Gasteiger partial charge in [0.2, 0.25) is 0 Å². The van der Waals surface area contributed by atoms with Crippen LogP contribution < -0.4 is 10.1 Å². The van der Waals surface area contributed by atoms with Gasteiger partial charge in [-0.3, -0.25) is 0 Å². The van der Waals surface area contributed by atoms with E-state index in [0.717, 1.165) is 25.3 Å². The summed E-state index contributed by atoms with van der Waals surface area (Å²) < 4.78 is 5.49. The summed E-state index contributed by atoms with van der Waals surface area (Å²) in [6.07, 6.45) is 1.16. The summed E-state index contributed by atoms with van der Waals surface area (Å²) >= 11 is 0. The van der Waals surface area contributed by atoms with Gasteiger partial charge in [-0.25, -0.2) is 0 Å². The lowest BCUT2D eigenvalue weighted by Crippen LogP contribution is -2.10. The molecule has 1 unspecified atom stereocenters. The fourth-order valence-corrected chi connectivity index (χ4v) is 1.61. The molecule has 1 aromatic carbocycles. The Bertz CT molecular complexity index is 286. The van der Waals surface area contributed by atoms with Crippen LogP contribution in [-0.2, 0) is 0 Å². The second-order valence-corrected chi connectivity index (χ2v) is 3.80. The molecule has 0 fully saturated rings. The summed E-state index contributed by atoms with van der Waals surface area (Å²) in [6, 6.07) is 8.39. The van der Waals surface area contributed by atoms with E-state index in [4.69, 9.17) is 4.74 Å².